The molecule has 4 heterocycles. The molecule has 0 bridgehead atoms. The number of rotatable bonds is 9. The van der Waals surface area contributed by atoms with Crippen molar-refractivity contribution in [1.29, 1.82) is 0 Å². The van der Waals surface area contributed by atoms with Crippen LogP contribution in [0.1, 0.15) is 51.4 Å². The van der Waals surface area contributed by atoms with E-state index in [0.29, 0.717) is 12.6 Å². The molecule has 0 atom stereocenters. The van der Waals surface area contributed by atoms with Gasteiger partial charge in [-0.05, 0) is 70.5 Å². The number of piperidine rings is 1. The highest BCUT2D eigenvalue weighted by Crippen LogP contribution is 2.36. The summed E-state index contributed by atoms with van der Waals surface area (Å²) in [7, 11) is 1.70. The second-order valence-electron chi connectivity index (χ2n) is 9.72. The number of benzene rings is 1. The van der Waals surface area contributed by atoms with Crippen molar-refractivity contribution in [2.75, 3.05) is 69.9 Å². The molecule has 5 rings (SSSR count). The topological polar surface area (TPSA) is 72.0 Å². The van der Waals surface area contributed by atoms with Gasteiger partial charge in [-0.2, -0.15) is 4.98 Å². The van der Waals surface area contributed by atoms with E-state index < -0.39 is 0 Å². The quantitative estimate of drug-likeness (QED) is 0.551. The maximum Gasteiger partial charge on any atom is 0.227 e. The van der Waals surface area contributed by atoms with Crippen molar-refractivity contribution in [3.05, 3.63) is 12.1 Å². The Bertz CT molecular complexity index is 938. The first-order valence-corrected chi connectivity index (χ1v) is 13.1. The van der Waals surface area contributed by atoms with Crippen LogP contribution < -0.4 is 19.7 Å². The van der Waals surface area contributed by atoms with Crippen LogP contribution in [-0.4, -0.2) is 80.6 Å². The van der Waals surface area contributed by atoms with Crippen molar-refractivity contribution in [3.8, 4) is 11.5 Å². The van der Waals surface area contributed by atoms with Gasteiger partial charge in [0.1, 0.15) is 5.82 Å². The number of nitrogens with one attached hydrogen (secondary N) is 1. The van der Waals surface area contributed by atoms with Crippen molar-refractivity contribution < 1.29 is 14.2 Å². The fourth-order valence-electron chi connectivity index (χ4n) is 5.25. The van der Waals surface area contributed by atoms with Crippen molar-refractivity contribution in [2.45, 2.75) is 57.4 Å². The number of methoxy groups -OCH3 is 1. The van der Waals surface area contributed by atoms with Gasteiger partial charge in [0.05, 0.1) is 19.2 Å². The zero-order valence-corrected chi connectivity index (χ0v) is 20.6. The largest absolute Gasteiger partial charge is 0.493 e. The molecule has 2 aromatic rings. The highest BCUT2D eigenvalue weighted by Gasteiger charge is 2.21. The van der Waals surface area contributed by atoms with Gasteiger partial charge in [0, 0.05) is 50.3 Å². The normalized spacial score (nSPS) is 20.1. The van der Waals surface area contributed by atoms with Gasteiger partial charge >= 0.3 is 0 Å². The van der Waals surface area contributed by atoms with E-state index in [1.165, 1.54) is 45.2 Å². The third-order valence-corrected chi connectivity index (χ3v) is 7.25. The van der Waals surface area contributed by atoms with Gasteiger partial charge in [0.25, 0.3) is 0 Å². The maximum absolute atomic E-state index is 6.21. The smallest absolute Gasteiger partial charge is 0.227 e. The Kier molecular flexibility index (Phi) is 7.86. The maximum atomic E-state index is 6.21. The number of aromatic nitrogens is 2. The van der Waals surface area contributed by atoms with Gasteiger partial charge in [0.2, 0.25) is 5.95 Å². The Morgan fingerprint density at radius 1 is 0.971 bits per heavy atom. The number of nitrogens with zero attached hydrogens (tertiary/aromatic N) is 4. The molecule has 1 aromatic heterocycles. The summed E-state index contributed by atoms with van der Waals surface area (Å²) in [6.45, 7) is 7.82. The third-order valence-electron chi connectivity index (χ3n) is 7.25. The summed E-state index contributed by atoms with van der Waals surface area (Å²) in [5.74, 6) is 3.19. The summed E-state index contributed by atoms with van der Waals surface area (Å²) < 4.78 is 17.5. The number of anilines is 2. The first-order valence-electron chi connectivity index (χ1n) is 13.1. The molecule has 3 aliphatic heterocycles. The van der Waals surface area contributed by atoms with Gasteiger partial charge in [-0.1, -0.05) is 0 Å². The van der Waals surface area contributed by atoms with E-state index in [1.807, 2.05) is 12.1 Å². The van der Waals surface area contributed by atoms with Gasteiger partial charge in [0.15, 0.2) is 11.5 Å². The number of ether oxygens (including phenoxy) is 3. The Hall–Kier alpha value is -2.32. The molecule has 0 amide bonds. The summed E-state index contributed by atoms with van der Waals surface area (Å²) >= 11 is 0. The number of hydrogen-bond donors (Lipinski definition) is 1. The summed E-state index contributed by atoms with van der Waals surface area (Å²) in [4.78, 5) is 14.8. The number of fused-ring (bicyclic) bond motifs is 1. The monoisotopic (exact) mass is 469 g/mol. The van der Waals surface area contributed by atoms with E-state index in [0.717, 1.165) is 86.3 Å². The molecule has 1 N–H and O–H groups in total. The molecule has 3 aliphatic rings. The second-order valence-corrected chi connectivity index (χ2v) is 9.72. The van der Waals surface area contributed by atoms with E-state index in [4.69, 9.17) is 24.2 Å². The lowest BCUT2D eigenvalue weighted by Crippen LogP contribution is -2.32. The lowest BCUT2D eigenvalue weighted by atomic mass is 10.1. The Labute approximate surface area is 203 Å². The molecule has 0 aliphatic carbocycles. The molecule has 8 nitrogen and oxygen atoms in total. The predicted molar refractivity (Wildman–Crippen MR) is 135 cm³/mol. The average Bonchev–Trinajstić information content (AvgIpc) is 3.41. The second kappa shape index (κ2) is 11.4. The number of hydrogen-bond acceptors (Lipinski definition) is 8. The van der Waals surface area contributed by atoms with Crippen LogP contribution in [0.15, 0.2) is 12.1 Å². The van der Waals surface area contributed by atoms with Crippen LogP contribution >= 0.6 is 0 Å². The van der Waals surface area contributed by atoms with E-state index in [2.05, 4.69) is 15.1 Å². The van der Waals surface area contributed by atoms with E-state index in [1.54, 1.807) is 7.11 Å². The summed E-state index contributed by atoms with van der Waals surface area (Å²) in [5.41, 5.74) is 0.903. The minimum absolute atomic E-state index is 0.355. The molecule has 3 saturated heterocycles. The lowest BCUT2D eigenvalue weighted by molar-refractivity contribution is 0.0904. The molecule has 34 heavy (non-hydrogen) atoms. The number of likely N-dealkylation sites (tertiary alicyclic amines) is 1. The molecule has 1 aromatic carbocycles. The first-order chi connectivity index (χ1) is 16.8. The molecular weight excluding hydrogens is 430 g/mol. The summed E-state index contributed by atoms with van der Waals surface area (Å²) in [6, 6.07) is 4.43. The van der Waals surface area contributed by atoms with Crippen molar-refractivity contribution >= 4 is 22.7 Å². The Morgan fingerprint density at radius 2 is 1.74 bits per heavy atom. The van der Waals surface area contributed by atoms with Crippen molar-refractivity contribution in [3.63, 3.8) is 0 Å². The molecule has 8 heteroatoms. The molecule has 3 fully saturated rings. The average molecular weight is 470 g/mol. The fourth-order valence-corrected chi connectivity index (χ4v) is 5.25. The molecule has 186 valence electrons. The highest BCUT2D eigenvalue weighted by atomic mass is 16.5. The van der Waals surface area contributed by atoms with Crippen molar-refractivity contribution in [2.24, 2.45) is 0 Å². The van der Waals surface area contributed by atoms with Gasteiger partial charge in [-0.15, -0.1) is 0 Å². The Balaban J connectivity index is 1.40. The van der Waals surface area contributed by atoms with Crippen LogP contribution in [0.3, 0.4) is 0 Å². The molecule has 0 radical (unpaired) electrons. The predicted octanol–water partition coefficient (Wildman–Crippen LogP) is 4.08. The van der Waals surface area contributed by atoms with Crippen LogP contribution in [-0.2, 0) is 4.74 Å². The van der Waals surface area contributed by atoms with Gasteiger partial charge in [-0.3, -0.25) is 0 Å². The van der Waals surface area contributed by atoms with E-state index in [9.17, 15) is 0 Å². The molecule has 0 saturated carbocycles. The molecule has 0 spiro atoms. The lowest BCUT2D eigenvalue weighted by Gasteiger charge is -2.29. The fraction of sp³-hybridized carbons (Fsp3) is 0.692. The highest BCUT2D eigenvalue weighted by molar-refractivity contribution is 5.93. The van der Waals surface area contributed by atoms with Gasteiger partial charge in [-0.25, -0.2) is 4.98 Å². The molecular formula is C26H39N5O3. The van der Waals surface area contributed by atoms with Crippen LogP contribution in [0.2, 0.25) is 0 Å². The zero-order valence-electron chi connectivity index (χ0n) is 20.6. The minimum atomic E-state index is 0.355. The minimum Gasteiger partial charge on any atom is -0.493 e. The van der Waals surface area contributed by atoms with E-state index in [-0.39, 0.29) is 0 Å². The van der Waals surface area contributed by atoms with Crippen molar-refractivity contribution in [1.82, 2.24) is 14.9 Å². The Morgan fingerprint density at radius 3 is 2.50 bits per heavy atom. The van der Waals surface area contributed by atoms with Crippen LogP contribution in [0.5, 0.6) is 11.5 Å². The summed E-state index contributed by atoms with van der Waals surface area (Å²) in [5, 5.41) is 4.68. The SMILES string of the molecule is COc1cc2c(NC3CCOCC3)nc(N3CCCCC3)nc2cc1OCCCN1CCCC1. The molecule has 0 unspecified atom stereocenters. The van der Waals surface area contributed by atoms with Gasteiger partial charge < -0.3 is 29.3 Å². The van der Waals surface area contributed by atoms with Crippen LogP contribution in [0.25, 0.3) is 10.9 Å². The zero-order chi connectivity index (χ0) is 23.2. The van der Waals surface area contributed by atoms with Crippen LogP contribution in [0.4, 0.5) is 11.8 Å². The van der Waals surface area contributed by atoms with Crippen LogP contribution in [0, 0.1) is 0 Å². The first kappa shape index (κ1) is 23.4. The van der Waals surface area contributed by atoms with E-state index >= 15 is 0 Å². The standard InChI is InChI=1S/C26H39N5O3/c1-32-23-18-21-22(19-24(23)34-15-7-12-30-10-5-6-11-30)28-26(31-13-3-2-4-14-31)29-25(21)27-20-8-16-33-17-9-20/h18-20H,2-17H2,1H3,(H,27,28,29). The summed E-state index contributed by atoms with van der Waals surface area (Å²) in [6.07, 6.45) is 9.30. The third kappa shape index (κ3) is 5.66.